The summed E-state index contributed by atoms with van der Waals surface area (Å²) in [6.07, 6.45) is 4.28. The number of nitrogens with zero attached hydrogens (tertiary/aromatic N) is 2. The largest absolute Gasteiger partial charge is 0.465 e. The highest BCUT2D eigenvalue weighted by Crippen LogP contribution is 2.22. The van der Waals surface area contributed by atoms with Gasteiger partial charge in [0.2, 0.25) is 0 Å². The van der Waals surface area contributed by atoms with E-state index in [1.165, 1.54) is 44.0 Å². The van der Waals surface area contributed by atoms with Crippen LogP contribution in [0.3, 0.4) is 0 Å². The highest BCUT2D eigenvalue weighted by atomic mass is 19.3. The molecule has 0 atom stereocenters. The number of hydrogen-bond donors (Lipinski definition) is 0. The minimum atomic E-state index is -3.00. The van der Waals surface area contributed by atoms with Crippen LogP contribution in [0.2, 0.25) is 0 Å². The molecule has 0 N–H and O–H groups in total. The summed E-state index contributed by atoms with van der Waals surface area (Å²) in [6, 6.07) is 3.88. The van der Waals surface area contributed by atoms with Crippen LogP contribution in [0.5, 0.6) is 5.75 Å². The van der Waals surface area contributed by atoms with Crippen molar-refractivity contribution in [2.75, 3.05) is 7.11 Å². The van der Waals surface area contributed by atoms with Crippen LogP contribution in [0, 0.1) is 11.8 Å². The van der Waals surface area contributed by atoms with Crippen molar-refractivity contribution >= 4 is 5.97 Å². The lowest BCUT2D eigenvalue weighted by Gasteiger charge is -2.08. The molecular weight excluding hydrogens is 294 g/mol. The molecular formula is C15H10F2N2O3. The standard InChI is InChI=1S/C15H10F2N2O3/c1-21-14(20)12-4-5-13(22-15(16)17)11(6-12)3-2-10-7-18-9-19-8-10/h4-9,15H,1H3. The Morgan fingerprint density at radius 3 is 2.59 bits per heavy atom. The third-order valence-electron chi connectivity index (χ3n) is 2.52. The maximum atomic E-state index is 12.4. The van der Waals surface area contributed by atoms with Crippen molar-refractivity contribution in [2.24, 2.45) is 0 Å². The molecule has 0 aliphatic rings. The summed E-state index contributed by atoms with van der Waals surface area (Å²) in [7, 11) is 1.22. The van der Waals surface area contributed by atoms with Crippen molar-refractivity contribution in [3.63, 3.8) is 0 Å². The van der Waals surface area contributed by atoms with E-state index in [0.717, 1.165) is 0 Å². The van der Waals surface area contributed by atoms with Crippen LogP contribution in [0.4, 0.5) is 8.78 Å². The van der Waals surface area contributed by atoms with Gasteiger partial charge in [0.25, 0.3) is 0 Å². The highest BCUT2D eigenvalue weighted by molar-refractivity contribution is 5.90. The van der Waals surface area contributed by atoms with Crippen molar-refractivity contribution in [3.8, 4) is 17.6 Å². The maximum Gasteiger partial charge on any atom is 0.387 e. The van der Waals surface area contributed by atoms with Crippen molar-refractivity contribution < 1.29 is 23.0 Å². The summed E-state index contributed by atoms with van der Waals surface area (Å²) in [5.74, 6) is 4.63. The minimum Gasteiger partial charge on any atom is -0.465 e. The third kappa shape index (κ3) is 3.99. The topological polar surface area (TPSA) is 61.3 Å². The van der Waals surface area contributed by atoms with Crippen LogP contribution in [-0.2, 0) is 4.74 Å². The van der Waals surface area contributed by atoms with Crippen LogP contribution < -0.4 is 4.74 Å². The molecule has 0 aliphatic heterocycles. The summed E-state index contributed by atoms with van der Waals surface area (Å²) in [4.78, 5) is 19.1. The maximum absolute atomic E-state index is 12.4. The molecule has 0 aliphatic carbocycles. The van der Waals surface area contributed by atoms with E-state index in [1.54, 1.807) is 0 Å². The number of esters is 1. The summed E-state index contributed by atoms with van der Waals surface area (Å²) >= 11 is 0. The van der Waals surface area contributed by atoms with E-state index in [-0.39, 0.29) is 16.9 Å². The Hall–Kier alpha value is -3.01. The number of ether oxygens (including phenoxy) is 2. The Labute approximate surface area is 124 Å². The summed E-state index contributed by atoms with van der Waals surface area (Å²) in [5.41, 5.74) is 0.804. The van der Waals surface area contributed by atoms with Gasteiger partial charge < -0.3 is 9.47 Å². The van der Waals surface area contributed by atoms with Gasteiger partial charge in [-0.15, -0.1) is 0 Å². The number of halogens is 2. The first kappa shape index (κ1) is 15.4. The molecule has 0 bridgehead atoms. The number of hydrogen-bond acceptors (Lipinski definition) is 5. The molecule has 1 aromatic carbocycles. The van der Waals surface area contributed by atoms with E-state index in [4.69, 9.17) is 0 Å². The Kier molecular flexibility index (Phi) is 4.98. The number of methoxy groups -OCH3 is 1. The first-order valence-corrected chi connectivity index (χ1v) is 6.04. The van der Waals surface area contributed by atoms with E-state index in [1.807, 2.05) is 0 Å². The second kappa shape index (κ2) is 7.13. The second-order valence-corrected chi connectivity index (χ2v) is 3.96. The van der Waals surface area contributed by atoms with Crippen molar-refractivity contribution in [1.82, 2.24) is 9.97 Å². The van der Waals surface area contributed by atoms with Gasteiger partial charge in [-0.1, -0.05) is 11.8 Å². The molecule has 0 unspecified atom stereocenters. The lowest BCUT2D eigenvalue weighted by atomic mass is 10.1. The average Bonchev–Trinajstić information content (AvgIpc) is 2.53. The molecule has 7 heteroatoms. The van der Waals surface area contributed by atoms with E-state index in [2.05, 4.69) is 31.3 Å². The zero-order chi connectivity index (χ0) is 15.9. The fourth-order valence-corrected chi connectivity index (χ4v) is 1.57. The molecule has 0 saturated heterocycles. The van der Waals surface area contributed by atoms with E-state index in [0.29, 0.717) is 5.56 Å². The van der Waals surface area contributed by atoms with Gasteiger partial charge in [0.05, 0.1) is 23.8 Å². The Balaban J connectivity index is 2.41. The van der Waals surface area contributed by atoms with Gasteiger partial charge in [0.1, 0.15) is 12.1 Å². The van der Waals surface area contributed by atoms with Crippen LogP contribution in [0.1, 0.15) is 21.5 Å². The first-order chi connectivity index (χ1) is 10.6. The number of benzene rings is 1. The van der Waals surface area contributed by atoms with Crippen molar-refractivity contribution in [3.05, 3.63) is 53.6 Å². The van der Waals surface area contributed by atoms with Crippen LogP contribution in [-0.4, -0.2) is 29.7 Å². The fraction of sp³-hybridized carbons (Fsp3) is 0.133. The minimum absolute atomic E-state index is 0.132. The molecule has 2 aromatic rings. The van der Waals surface area contributed by atoms with Crippen molar-refractivity contribution in [2.45, 2.75) is 6.61 Å². The van der Waals surface area contributed by atoms with Crippen molar-refractivity contribution in [1.29, 1.82) is 0 Å². The fourth-order valence-electron chi connectivity index (χ4n) is 1.57. The second-order valence-electron chi connectivity index (χ2n) is 3.96. The zero-order valence-electron chi connectivity index (χ0n) is 11.4. The molecule has 0 amide bonds. The molecule has 0 saturated carbocycles. The summed E-state index contributed by atoms with van der Waals surface area (Å²) in [6.45, 7) is -3.00. The average molecular weight is 304 g/mol. The van der Waals surface area contributed by atoms with Crippen LogP contribution in [0.25, 0.3) is 0 Å². The number of rotatable bonds is 3. The SMILES string of the molecule is COC(=O)c1ccc(OC(F)F)c(C#Cc2cncnc2)c1. The first-order valence-electron chi connectivity index (χ1n) is 6.04. The van der Waals surface area contributed by atoms with E-state index in [9.17, 15) is 13.6 Å². The number of alkyl halides is 2. The molecule has 0 spiro atoms. The van der Waals surface area contributed by atoms with Crippen LogP contribution in [0.15, 0.2) is 36.9 Å². The van der Waals surface area contributed by atoms with E-state index < -0.39 is 12.6 Å². The molecule has 1 aromatic heterocycles. The molecule has 112 valence electrons. The van der Waals surface area contributed by atoms with Gasteiger partial charge in [-0.3, -0.25) is 0 Å². The molecule has 2 rings (SSSR count). The summed E-state index contributed by atoms with van der Waals surface area (Å²) < 4.78 is 33.8. The third-order valence-corrected chi connectivity index (χ3v) is 2.52. The Morgan fingerprint density at radius 1 is 1.23 bits per heavy atom. The summed E-state index contributed by atoms with van der Waals surface area (Å²) in [5, 5.41) is 0. The van der Waals surface area contributed by atoms with Gasteiger partial charge in [-0.25, -0.2) is 14.8 Å². The molecule has 0 radical (unpaired) electrons. The number of carbonyl (C=O) groups excluding carboxylic acids is 1. The number of aromatic nitrogens is 2. The van der Waals surface area contributed by atoms with Gasteiger partial charge in [0.15, 0.2) is 0 Å². The lowest BCUT2D eigenvalue weighted by molar-refractivity contribution is -0.0500. The Morgan fingerprint density at radius 2 is 1.95 bits per heavy atom. The smallest absolute Gasteiger partial charge is 0.387 e. The van der Waals surface area contributed by atoms with Gasteiger partial charge in [-0.2, -0.15) is 8.78 Å². The quantitative estimate of drug-likeness (QED) is 0.643. The highest BCUT2D eigenvalue weighted by Gasteiger charge is 2.12. The molecule has 1 heterocycles. The molecule has 0 fully saturated rings. The molecule has 5 nitrogen and oxygen atoms in total. The van der Waals surface area contributed by atoms with Crippen LogP contribution >= 0.6 is 0 Å². The number of carbonyl (C=O) groups is 1. The Bertz CT molecular complexity index is 725. The predicted octanol–water partition coefficient (Wildman–Crippen LogP) is 2.26. The zero-order valence-corrected chi connectivity index (χ0v) is 11.4. The molecule has 22 heavy (non-hydrogen) atoms. The van der Waals surface area contributed by atoms with Gasteiger partial charge in [0, 0.05) is 12.4 Å². The predicted molar refractivity (Wildman–Crippen MR) is 72.4 cm³/mol. The lowest BCUT2D eigenvalue weighted by Crippen LogP contribution is -2.06. The van der Waals surface area contributed by atoms with Gasteiger partial charge >= 0.3 is 12.6 Å². The normalized spacial score (nSPS) is 9.82. The monoisotopic (exact) mass is 304 g/mol. The van der Waals surface area contributed by atoms with E-state index >= 15 is 0 Å². The van der Waals surface area contributed by atoms with Gasteiger partial charge in [-0.05, 0) is 18.2 Å².